The van der Waals surface area contributed by atoms with Crippen molar-refractivity contribution in [1.29, 1.82) is 0 Å². The molecule has 1 fully saturated rings. The summed E-state index contributed by atoms with van der Waals surface area (Å²) in [6, 6.07) is 3.96. The lowest BCUT2D eigenvalue weighted by molar-refractivity contribution is -0.142. The van der Waals surface area contributed by atoms with Gasteiger partial charge in [-0.15, -0.1) is 0 Å². The second kappa shape index (κ2) is 5.20. The number of aromatic nitrogens is 1. The minimum Gasteiger partial charge on any atom is -0.481 e. The zero-order valence-corrected chi connectivity index (χ0v) is 11.8. The Balaban J connectivity index is 2.15. The zero-order chi connectivity index (χ0) is 12.4. The molecule has 0 spiro atoms. The van der Waals surface area contributed by atoms with Crippen LogP contribution in [-0.4, -0.2) is 29.1 Å². The Morgan fingerprint density at radius 3 is 2.88 bits per heavy atom. The van der Waals surface area contributed by atoms with Gasteiger partial charge in [-0.05, 0) is 47.1 Å². The Morgan fingerprint density at radius 1 is 1.53 bits per heavy atom. The van der Waals surface area contributed by atoms with Crippen LogP contribution in [0.4, 0.5) is 5.82 Å². The van der Waals surface area contributed by atoms with Gasteiger partial charge in [0.05, 0.1) is 5.92 Å². The number of aliphatic carboxylic acids is 1. The van der Waals surface area contributed by atoms with Crippen molar-refractivity contribution in [2.45, 2.75) is 13.3 Å². The fourth-order valence-electron chi connectivity index (χ4n) is 2.27. The first-order chi connectivity index (χ1) is 8.06. The molecule has 92 valence electrons. The summed E-state index contributed by atoms with van der Waals surface area (Å²) in [7, 11) is 0. The molecule has 2 unspecified atom stereocenters. The van der Waals surface area contributed by atoms with Crippen molar-refractivity contribution in [1.82, 2.24) is 4.98 Å². The number of carboxylic acids is 1. The number of piperidine rings is 1. The largest absolute Gasteiger partial charge is 0.481 e. The lowest BCUT2D eigenvalue weighted by Gasteiger charge is -2.35. The minimum absolute atomic E-state index is 0.278. The summed E-state index contributed by atoms with van der Waals surface area (Å²) in [4.78, 5) is 17.5. The molecule has 0 saturated carbocycles. The third-order valence-electron chi connectivity index (χ3n) is 3.04. The first kappa shape index (κ1) is 12.6. The van der Waals surface area contributed by atoms with Crippen LogP contribution in [0.2, 0.25) is 0 Å². The predicted octanol–water partition coefficient (Wildman–Crippen LogP) is 2.23. The van der Waals surface area contributed by atoms with Gasteiger partial charge in [-0.25, -0.2) is 4.98 Å². The number of nitrogens with zero attached hydrogens (tertiary/aromatic N) is 2. The molecule has 0 amide bonds. The van der Waals surface area contributed by atoms with Crippen LogP contribution in [-0.2, 0) is 4.79 Å². The maximum atomic E-state index is 11.1. The Bertz CT molecular complexity index is 407. The van der Waals surface area contributed by atoms with Crippen LogP contribution in [0, 0.1) is 15.4 Å². The highest BCUT2D eigenvalue weighted by molar-refractivity contribution is 14.1. The van der Waals surface area contributed by atoms with Crippen molar-refractivity contribution < 1.29 is 9.90 Å². The predicted molar refractivity (Wildman–Crippen MR) is 74.1 cm³/mol. The number of pyridine rings is 1. The van der Waals surface area contributed by atoms with Gasteiger partial charge in [0.1, 0.15) is 5.82 Å². The molecule has 2 heterocycles. The van der Waals surface area contributed by atoms with Gasteiger partial charge < -0.3 is 10.0 Å². The SMILES string of the molecule is CC1CC(C(=O)O)CN(c2ccc(I)cn2)C1. The second-order valence-corrected chi connectivity index (χ2v) is 5.86. The van der Waals surface area contributed by atoms with E-state index in [-0.39, 0.29) is 5.92 Å². The van der Waals surface area contributed by atoms with E-state index in [1.165, 1.54) is 0 Å². The Morgan fingerprint density at radius 2 is 2.29 bits per heavy atom. The second-order valence-electron chi connectivity index (χ2n) is 4.62. The Kier molecular flexibility index (Phi) is 3.86. The third kappa shape index (κ3) is 3.08. The van der Waals surface area contributed by atoms with Gasteiger partial charge in [-0.1, -0.05) is 6.92 Å². The van der Waals surface area contributed by atoms with Gasteiger partial charge >= 0.3 is 5.97 Å². The van der Waals surface area contributed by atoms with Crippen LogP contribution in [0.15, 0.2) is 18.3 Å². The average Bonchev–Trinajstić information content (AvgIpc) is 2.29. The number of anilines is 1. The van der Waals surface area contributed by atoms with Gasteiger partial charge in [-0.3, -0.25) is 4.79 Å². The van der Waals surface area contributed by atoms with E-state index in [9.17, 15) is 4.79 Å². The van der Waals surface area contributed by atoms with Gasteiger partial charge in [-0.2, -0.15) is 0 Å². The minimum atomic E-state index is -0.702. The van der Waals surface area contributed by atoms with E-state index in [1.54, 1.807) is 0 Å². The number of carbonyl (C=O) groups is 1. The fraction of sp³-hybridized carbons (Fsp3) is 0.500. The first-order valence-electron chi connectivity index (χ1n) is 5.65. The molecule has 0 radical (unpaired) electrons. The number of carboxylic acid groups (broad SMARTS) is 1. The quantitative estimate of drug-likeness (QED) is 0.835. The van der Waals surface area contributed by atoms with Crippen LogP contribution < -0.4 is 4.90 Å². The van der Waals surface area contributed by atoms with Crippen molar-refractivity contribution in [2.75, 3.05) is 18.0 Å². The molecule has 1 aromatic heterocycles. The molecular weight excluding hydrogens is 331 g/mol. The van der Waals surface area contributed by atoms with E-state index in [1.807, 2.05) is 18.3 Å². The van der Waals surface area contributed by atoms with Crippen molar-refractivity contribution in [2.24, 2.45) is 11.8 Å². The molecule has 0 aliphatic carbocycles. The number of hydrogen-bond donors (Lipinski definition) is 1. The maximum absolute atomic E-state index is 11.1. The standard InChI is InChI=1S/C12H15IN2O2/c1-8-4-9(12(16)17)7-15(6-8)11-3-2-10(13)5-14-11/h2-3,5,8-9H,4,6-7H2,1H3,(H,16,17). The maximum Gasteiger partial charge on any atom is 0.308 e. The molecule has 2 rings (SSSR count). The molecule has 5 heteroatoms. The smallest absolute Gasteiger partial charge is 0.308 e. The molecule has 0 bridgehead atoms. The van der Waals surface area contributed by atoms with E-state index < -0.39 is 5.97 Å². The van der Waals surface area contributed by atoms with Crippen molar-refractivity contribution in [3.8, 4) is 0 Å². The van der Waals surface area contributed by atoms with Crippen LogP contribution in [0.5, 0.6) is 0 Å². The van der Waals surface area contributed by atoms with Gasteiger partial charge in [0.25, 0.3) is 0 Å². The van der Waals surface area contributed by atoms with Crippen LogP contribution in [0.25, 0.3) is 0 Å². The Labute approximate surface area is 114 Å². The van der Waals surface area contributed by atoms with Gasteiger partial charge in [0.15, 0.2) is 0 Å². The van der Waals surface area contributed by atoms with Crippen molar-refractivity contribution in [3.05, 3.63) is 21.9 Å². The monoisotopic (exact) mass is 346 g/mol. The summed E-state index contributed by atoms with van der Waals surface area (Å²) in [5.41, 5.74) is 0. The molecule has 0 aromatic carbocycles. The number of hydrogen-bond acceptors (Lipinski definition) is 3. The van der Waals surface area contributed by atoms with E-state index in [0.717, 1.165) is 22.4 Å². The highest BCUT2D eigenvalue weighted by Crippen LogP contribution is 2.25. The fourth-order valence-corrected chi connectivity index (χ4v) is 2.59. The highest BCUT2D eigenvalue weighted by Gasteiger charge is 2.29. The molecule has 17 heavy (non-hydrogen) atoms. The Hall–Kier alpha value is -0.850. The first-order valence-corrected chi connectivity index (χ1v) is 6.73. The van der Waals surface area contributed by atoms with Crippen LogP contribution in [0.3, 0.4) is 0 Å². The van der Waals surface area contributed by atoms with Crippen LogP contribution >= 0.6 is 22.6 Å². The normalized spacial score (nSPS) is 24.7. The van der Waals surface area contributed by atoms with E-state index in [4.69, 9.17) is 5.11 Å². The summed E-state index contributed by atoms with van der Waals surface area (Å²) >= 11 is 2.21. The van der Waals surface area contributed by atoms with Crippen molar-refractivity contribution >= 4 is 34.4 Å². The molecule has 1 saturated heterocycles. The number of rotatable bonds is 2. The lowest BCUT2D eigenvalue weighted by Crippen LogP contribution is -2.42. The molecule has 1 N–H and O–H groups in total. The molecular formula is C12H15IN2O2. The molecule has 1 aromatic rings. The van der Waals surface area contributed by atoms with Crippen LogP contribution in [0.1, 0.15) is 13.3 Å². The average molecular weight is 346 g/mol. The molecule has 1 aliphatic rings. The molecule has 2 atom stereocenters. The van der Waals surface area contributed by atoms with Gasteiger partial charge in [0.2, 0.25) is 0 Å². The van der Waals surface area contributed by atoms with E-state index in [0.29, 0.717) is 12.5 Å². The summed E-state index contributed by atoms with van der Waals surface area (Å²) in [5, 5.41) is 9.12. The van der Waals surface area contributed by atoms with E-state index >= 15 is 0 Å². The summed E-state index contributed by atoms with van der Waals surface area (Å²) < 4.78 is 1.09. The van der Waals surface area contributed by atoms with E-state index in [2.05, 4.69) is 39.4 Å². The summed E-state index contributed by atoms with van der Waals surface area (Å²) in [5.74, 6) is 0.293. The van der Waals surface area contributed by atoms with Crippen molar-refractivity contribution in [3.63, 3.8) is 0 Å². The topological polar surface area (TPSA) is 53.4 Å². The number of halogens is 1. The zero-order valence-electron chi connectivity index (χ0n) is 9.64. The van der Waals surface area contributed by atoms with Gasteiger partial charge in [0, 0.05) is 22.9 Å². The summed E-state index contributed by atoms with van der Waals surface area (Å²) in [6.45, 7) is 3.54. The summed E-state index contributed by atoms with van der Waals surface area (Å²) in [6.07, 6.45) is 2.57. The third-order valence-corrected chi connectivity index (χ3v) is 3.68. The molecule has 4 nitrogen and oxygen atoms in total. The highest BCUT2D eigenvalue weighted by atomic mass is 127. The molecule has 1 aliphatic heterocycles. The lowest BCUT2D eigenvalue weighted by atomic mass is 9.90.